The molecule has 1 N–H and O–H groups in total. The summed E-state index contributed by atoms with van der Waals surface area (Å²) in [6, 6.07) is 12.8. The Morgan fingerprint density at radius 2 is 1.83 bits per heavy atom. The van der Waals surface area contributed by atoms with Crippen molar-refractivity contribution in [3.8, 4) is 5.75 Å². The Balaban J connectivity index is 1.38. The molecule has 0 bridgehead atoms. The smallest absolute Gasteiger partial charge is 0.286 e. The Bertz CT molecular complexity index is 1240. The zero-order valence-electron chi connectivity index (χ0n) is 20.1. The van der Waals surface area contributed by atoms with Crippen LogP contribution in [0.25, 0.3) is 0 Å². The molecule has 0 aromatic heterocycles. The van der Waals surface area contributed by atoms with Crippen molar-refractivity contribution in [2.75, 3.05) is 38.2 Å². The lowest BCUT2D eigenvalue weighted by atomic mass is 10.0. The molecular formula is C26H32N4O4S. The van der Waals surface area contributed by atoms with Gasteiger partial charge in [-0.25, -0.2) is 0 Å². The van der Waals surface area contributed by atoms with Crippen molar-refractivity contribution < 1.29 is 17.9 Å². The predicted octanol–water partition coefficient (Wildman–Crippen LogP) is 3.74. The van der Waals surface area contributed by atoms with Crippen molar-refractivity contribution in [1.29, 1.82) is 0 Å². The number of fused-ring (bicyclic) bond motifs is 3. The minimum Gasteiger partial charge on any atom is -0.496 e. The summed E-state index contributed by atoms with van der Waals surface area (Å²) < 4.78 is 35.6. The quantitative estimate of drug-likeness (QED) is 0.655. The van der Waals surface area contributed by atoms with Crippen LogP contribution in [0.5, 0.6) is 5.75 Å². The summed E-state index contributed by atoms with van der Waals surface area (Å²) in [5.74, 6) is 1.11. The first-order chi connectivity index (χ1) is 17.0. The first kappa shape index (κ1) is 23.8. The maximum atomic E-state index is 13.2. The average Bonchev–Trinajstić information content (AvgIpc) is 3.30. The maximum Gasteiger partial charge on any atom is 0.286 e. The van der Waals surface area contributed by atoms with Crippen molar-refractivity contribution in [3.05, 3.63) is 53.6 Å². The monoisotopic (exact) mass is 496 g/mol. The summed E-state index contributed by atoms with van der Waals surface area (Å²) in [5.41, 5.74) is 1.98. The molecule has 5 rings (SSSR count). The van der Waals surface area contributed by atoms with Crippen molar-refractivity contribution in [1.82, 2.24) is 10.2 Å². The van der Waals surface area contributed by atoms with E-state index in [1.807, 2.05) is 29.2 Å². The Kier molecular flexibility index (Phi) is 6.80. The molecule has 35 heavy (non-hydrogen) atoms. The van der Waals surface area contributed by atoms with E-state index in [9.17, 15) is 13.2 Å². The summed E-state index contributed by atoms with van der Waals surface area (Å²) in [4.78, 5) is 17.6. The highest BCUT2D eigenvalue weighted by Crippen LogP contribution is 2.35. The molecule has 2 aromatic rings. The van der Waals surface area contributed by atoms with Gasteiger partial charge in [-0.2, -0.15) is 8.42 Å². The van der Waals surface area contributed by atoms with E-state index >= 15 is 0 Å². The number of likely N-dealkylation sites (tertiary alicyclic amines) is 1. The first-order valence-electron chi connectivity index (χ1n) is 12.4. The molecule has 1 atom stereocenters. The van der Waals surface area contributed by atoms with Crippen LogP contribution >= 0.6 is 0 Å². The predicted molar refractivity (Wildman–Crippen MR) is 136 cm³/mol. The van der Waals surface area contributed by atoms with Crippen LogP contribution in [0.2, 0.25) is 0 Å². The summed E-state index contributed by atoms with van der Waals surface area (Å²) in [5, 5.41) is 3.05. The molecule has 3 aliphatic heterocycles. The zero-order chi connectivity index (χ0) is 24.4. The van der Waals surface area contributed by atoms with Crippen LogP contribution in [0.1, 0.15) is 60.5 Å². The summed E-state index contributed by atoms with van der Waals surface area (Å²) in [6.07, 6.45) is 5.88. The van der Waals surface area contributed by atoms with E-state index in [2.05, 4.69) is 14.6 Å². The molecule has 3 aliphatic rings. The van der Waals surface area contributed by atoms with Gasteiger partial charge in [0.25, 0.3) is 15.9 Å². The number of anilines is 1. The van der Waals surface area contributed by atoms with E-state index < -0.39 is 10.0 Å². The summed E-state index contributed by atoms with van der Waals surface area (Å²) >= 11 is 0. The molecular weight excluding hydrogens is 464 g/mol. The zero-order valence-corrected chi connectivity index (χ0v) is 20.9. The van der Waals surface area contributed by atoms with Crippen LogP contribution in [0.3, 0.4) is 0 Å². The highest BCUT2D eigenvalue weighted by atomic mass is 32.2. The number of nitrogens with one attached hydrogen (secondary N) is 1. The number of nitrogens with zero attached hydrogens (tertiary/aromatic N) is 3. The fourth-order valence-corrected chi connectivity index (χ4v) is 6.63. The van der Waals surface area contributed by atoms with Crippen LogP contribution in [-0.2, 0) is 10.0 Å². The third-order valence-corrected chi connectivity index (χ3v) is 8.48. The van der Waals surface area contributed by atoms with Gasteiger partial charge in [-0.1, -0.05) is 24.6 Å². The Morgan fingerprint density at radius 1 is 1.06 bits per heavy atom. The average molecular weight is 497 g/mol. The van der Waals surface area contributed by atoms with Crippen LogP contribution in [0.15, 0.2) is 51.8 Å². The van der Waals surface area contributed by atoms with Gasteiger partial charge in [0.05, 0.1) is 18.8 Å². The van der Waals surface area contributed by atoms with Crippen LogP contribution < -0.4 is 15.0 Å². The van der Waals surface area contributed by atoms with Gasteiger partial charge in [-0.05, 0) is 63.0 Å². The highest BCUT2D eigenvalue weighted by molar-refractivity contribution is 7.90. The second-order valence-electron chi connectivity index (χ2n) is 9.34. The third-order valence-electron chi connectivity index (χ3n) is 7.15. The number of hydrogen-bond donors (Lipinski definition) is 1. The fourth-order valence-electron chi connectivity index (χ4n) is 5.34. The van der Waals surface area contributed by atoms with Gasteiger partial charge in [0.1, 0.15) is 16.5 Å². The number of ether oxygens (including phenoxy) is 1. The summed E-state index contributed by atoms with van der Waals surface area (Å²) in [6.45, 7) is 3.07. The van der Waals surface area contributed by atoms with Gasteiger partial charge in [0, 0.05) is 30.6 Å². The number of carbonyl (C=O) groups excluding carboxylic acids is 1. The number of carbonyl (C=O) groups is 1. The molecule has 0 aliphatic carbocycles. The topological polar surface area (TPSA) is 91.3 Å². The molecule has 0 radical (unpaired) electrons. The second kappa shape index (κ2) is 9.99. The molecule has 0 spiro atoms. The van der Waals surface area contributed by atoms with Gasteiger partial charge in [0.15, 0.2) is 0 Å². The fraction of sp³-hybridized carbons (Fsp3) is 0.462. The molecule has 2 saturated heterocycles. The molecule has 8 nitrogen and oxygen atoms in total. The maximum absolute atomic E-state index is 13.2. The van der Waals surface area contributed by atoms with Crippen LogP contribution in [-0.4, -0.2) is 58.3 Å². The molecule has 0 unspecified atom stereocenters. The van der Waals surface area contributed by atoms with Gasteiger partial charge < -0.3 is 15.0 Å². The number of benzene rings is 2. The van der Waals surface area contributed by atoms with Crippen molar-refractivity contribution in [2.45, 2.75) is 49.5 Å². The Labute approximate surface area is 207 Å². The van der Waals surface area contributed by atoms with Crippen molar-refractivity contribution >= 4 is 27.5 Å². The van der Waals surface area contributed by atoms with Crippen LogP contribution in [0.4, 0.5) is 5.69 Å². The Morgan fingerprint density at radius 3 is 2.63 bits per heavy atom. The SMILES string of the molecule is COc1ccccc1[C@@H](CNC(=O)c1ccc2c(c1)S(=O)(=O)N=C1CCCCCN12)N1CCCC1. The van der Waals surface area contributed by atoms with E-state index in [0.717, 1.165) is 63.1 Å². The number of amides is 1. The normalized spacial score (nSPS) is 20.3. The molecule has 0 saturated carbocycles. The summed E-state index contributed by atoms with van der Waals surface area (Å²) in [7, 11) is -2.18. The lowest BCUT2D eigenvalue weighted by Crippen LogP contribution is -2.37. The van der Waals surface area contributed by atoms with Crippen LogP contribution in [0, 0.1) is 0 Å². The number of amidine groups is 1. The van der Waals surface area contributed by atoms with E-state index in [-0.39, 0.29) is 16.8 Å². The number of hydrogen-bond acceptors (Lipinski definition) is 6. The number of methoxy groups -OCH3 is 1. The molecule has 3 heterocycles. The molecule has 9 heteroatoms. The van der Waals surface area contributed by atoms with Crippen molar-refractivity contribution in [3.63, 3.8) is 0 Å². The lowest BCUT2D eigenvalue weighted by molar-refractivity contribution is 0.0937. The Hall–Kier alpha value is -2.91. The molecule has 186 valence electrons. The van der Waals surface area contributed by atoms with E-state index in [1.54, 1.807) is 19.2 Å². The van der Waals surface area contributed by atoms with Gasteiger partial charge in [-0.3, -0.25) is 9.69 Å². The molecule has 1 amide bonds. The largest absolute Gasteiger partial charge is 0.496 e. The molecule has 2 aromatic carbocycles. The second-order valence-corrected chi connectivity index (χ2v) is 10.9. The van der Waals surface area contributed by atoms with Gasteiger partial charge >= 0.3 is 0 Å². The minimum absolute atomic E-state index is 0.0248. The molecule has 2 fully saturated rings. The van der Waals surface area contributed by atoms with Crippen molar-refractivity contribution in [2.24, 2.45) is 4.40 Å². The first-order valence-corrected chi connectivity index (χ1v) is 13.8. The van der Waals surface area contributed by atoms with E-state index in [0.29, 0.717) is 30.1 Å². The van der Waals surface area contributed by atoms with Gasteiger partial charge in [0.2, 0.25) is 0 Å². The number of sulfonamides is 1. The lowest BCUT2D eigenvalue weighted by Gasteiger charge is -2.30. The standard InChI is InChI=1S/C26H32N4O4S/c1-34-23-10-5-4-9-20(23)22(29-14-7-8-15-29)18-27-26(31)19-12-13-21-24(17-19)35(32,33)28-25-11-3-2-6-16-30(21)25/h4-5,9-10,12-13,17,22H,2-3,6-8,11,14-16,18H2,1H3,(H,27,31)/t22-/m1/s1. The third kappa shape index (κ3) is 4.79. The van der Waals surface area contributed by atoms with E-state index in [4.69, 9.17) is 4.74 Å². The number of rotatable bonds is 6. The number of para-hydroxylation sites is 1. The van der Waals surface area contributed by atoms with Gasteiger partial charge in [-0.15, -0.1) is 4.40 Å². The van der Waals surface area contributed by atoms with E-state index in [1.165, 1.54) is 6.07 Å². The minimum atomic E-state index is -3.84. The highest BCUT2D eigenvalue weighted by Gasteiger charge is 2.32.